The van der Waals surface area contributed by atoms with Gasteiger partial charge in [0, 0.05) is 18.2 Å². The summed E-state index contributed by atoms with van der Waals surface area (Å²) in [6.07, 6.45) is 0. The summed E-state index contributed by atoms with van der Waals surface area (Å²) in [7, 11) is 1.68. The Kier molecular flexibility index (Phi) is 5.67. The van der Waals surface area contributed by atoms with Crippen LogP contribution in [0.15, 0.2) is 45.3 Å². The van der Waals surface area contributed by atoms with Crippen LogP contribution in [0.25, 0.3) is 0 Å². The van der Waals surface area contributed by atoms with Gasteiger partial charge in [-0.05, 0) is 62.5 Å². The SMILES string of the molecule is COc1ccccc1[C@H](C)NCc1cc(Br)c(O)c(Br)c1. The molecule has 2 aromatic rings. The van der Waals surface area contributed by atoms with Crippen molar-refractivity contribution in [3.8, 4) is 11.5 Å². The molecule has 0 spiro atoms. The van der Waals surface area contributed by atoms with E-state index in [1.807, 2.05) is 30.3 Å². The van der Waals surface area contributed by atoms with Crippen molar-refractivity contribution in [2.45, 2.75) is 19.5 Å². The molecule has 0 bridgehead atoms. The summed E-state index contributed by atoms with van der Waals surface area (Å²) in [6.45, 7) is 2.79. The van der Waals surface area contributed by atoms with Crippen LogP contribution in [-0.4, -0.2) is 12.2 Å². The Hall–Kier alpha value is -1.04. The smallest absolute Gasteiger partial charge is 0.143 e. The van der Waals surface area contributed by atoms with Crippen LogP contribution in [0.2, 0.25) is 0 Å². The Labute approximate surface area is 141 Å². The Morgan fingerprint density at radius 1 is 1.19 bits per heavy atom. The number of halogens is 2. The average molecular weight is 415 g/mol. The quantitative estimate of drug-likeness (QED) is 0.739. The summed E-state index contributed by atoms with van der Waals surface area (Å²) in [5, 5.41) is 13.2. The highest BCUT2D eigenvalue weighted by Gasteiger charge is 2.11. The van der Waals surface area contributed by atoms with E-state index < -0.39 is 0 Å². The van der Waals surface area contributed by atoms with E-state index in [9.17, 15) is 5.11 Å². The van der Waals surface area contributed by atoms with Gasteiger partial charge in [-0.1, -0.05) is 18.2 Å². The number of ether oxygens (including phenoxy) is 1. The van der Waals surface area contributed by atoms with Crippen molar-refractivity contribution in [3.05, 3.63) is 56.5 Å². The second kappa shape index (κ2) is 7.29. The number of methoxy groups -OCH3 is 1. The van der Waals surface area contributed by atoms with Crippen LogP contribution in [0.4, 0.5) is 0 Å². The highest BCUT2D eigenvalue weighted by molar-refractivity contribution is 9.11. The van der Waals surface area contributed by atoms with E-state index in [1.54, 1.807) is 7.11 Å². The number of phenols is 1. The molecule has 0 aliphatic heterocycles. The molecule has 0 aliphatic carbocycles. The van der Waals surface area contributed by atoms with Gasteiger partial charge in [-0.3, -0.25) is 0 Å². The lowest BCUT2D eigenvalue weighted by Crippen LogP contribution is -2.18. The lowest BCUT2D eigenvalue weighted by molar-refractivity contribution is 0.401. The Balaban J connectivity index is 2.09. The summed E-state index contributed by atoms with van der Waals surface area (Å²) < 4.78 is 6.74. The standard InChI is InChI=1S/C16H17Br2NO2/c1-10(12-5-3-4-6-15(12)21-2)19-9-11-7-13(17)16(20)14(18)8-11/h3-8,10,19-20H,9H2,1-2H3/t10-/m0/s1. The zero-order valence-corrected chi connectivity index (χ0v) is 15.0. The molecule has 2 aromatic carbocycles. The van der Waals surface area contributed by atoms with E-state index in [2.05, 4.69) is 50.2 Å². The van der Waals surface area contributed by atoms with Gasteiger partial charge in [0.15, 0.2) is 0 Å². The predicted octanol–water partition coefficient (Wildman–Crippen LogP) is 4.78. The maximum atomic E-state index is 9.72. The van der Waals surface area contributed by atoms with E-state index >= 15 is 0 Å². The third-order valence-electron chi connectivity index (χ3n) is 3.29. The van der Waals surface area contributed by atoms with Gasteiger partial charge >= 0.3 is 0 Å². The van der Waals surface area contributed by atoms with Crippen LogP contribution in [0.3, 0.4) is 0 Å². The second-order valence-electron chi connectivity index (χ2n) is 4.75. The van der Waals surface area contributed by atoms with E-state index in [1.165, 1.54) is 0 Å². The van der Waals surface area contributed by atoms with Crippen molar-refractivity contribution < 1.29 is 9.84 Å². The van der Waals surface area contributed by atoms with Crippen LogP contribution >= 0.6 is 31.9 Å². The zero-order chi connectivity index (χ0) is 15.4. The van der Waals surface area contributed by atoms with Crippen LogP contribution in [-0.2, 0) is 6.54 Å². The number of hydrogen-bond acceptors (Lipinski definition) is 3. The number of benzene rings is 2. The van der Waals surface area contributed by atoms with Crippen molar-refractivity contribution >= 4 is 31.9 Å². The Morgan fingerprint density at radius 3 is 2.43 bits per heavy atom. The molecule has 0 amide bonds. The van der Waals surface area contributed by atoms with E-state index in [0.717, 1.165) is 16.9 Å². The van der Waals surface area contributed by atoms with Crippen LogP contribution in [0.5, 0.6) is 11.5 Å². The van der Waals surface area contributed by atoms with Gasteiger partial charge in [0.2, 0.25) is 0 Å². The number of hydrogen-bond donors (Lipinski definition) is 2. The molecule has 0 aliphatic rings. The molecular formula is C16H17Br2NO2. The van der Waals surface area contributed by atoms with Crippen molar-refractivity contribution in [3.63, 3.8) is 0 Å². The highest BCUT2D eigenvalue weighted by Crippen LogP contribution is 2.33. The molecule has 112 valence electrons. The molecule has 1 atom stereocenters. The maximum Gasteiger partial charge on any atom is 0.143 e. The normalized spacial score (nSPS) is 12.2. The summed E-state index contributed by atoms with van der Waals surface area (Å²) in [6, 6.07) is 11.9. The fourth-order valence-electron chi connectivity index (χ4n) is 2.13. The van der Waals surface area contributed by atoms with Crippen molar-refractivity contribution in [1.29, 1.82) is 0 Å². The Morgan fingerprint density at radius 2 is 1.81 bits per heavy atom. The minimum Gasteiger partial charge on any atom is -0.506 e. The molecule has 5 heteroatoms. The largest absolute Gasteiger partial charge is 0.506 e. The lowest BCUT2D eigenvalue weighted by atomic mass is 10.1. The molecule has 0 aromatic heterocycles. The molecule has 0 fully saturated rings. The number of phenolic OH excluding ortho intramolecular Hbond substituents is 1. The van der Waals surface area contributed by atoms with Gasteiger partial charge in [-0.15, -0.1) is 0 Å². The average Bonchev–Trinajstić information content (AvgIpc) is 2.50. The van der Waals surface area contributed by atoms with E-state index in [4.69, 9.17) is 4.74 Å². The third kappa shape index (κ3) is 3.99. The first-order chi connectivity index (χ1) is 10.0. The van der Waals surface area contributed by atoms with E-state index in [-0.39, 0.29) is 11.8 Å². The molecular weight excluding hydrogens is 398 g/mol. The summed E-state index contributed by atoms with van der Waals surface area (Å²) in [5.41, 5.74) is 2.20. The minimum atomic E-state index is 0.160. The minimum absolute atomic E-state index is 0.160. The lowest BCUT2D eigenvalue weighted by Gasteiger charge is -2.17. The van der Waals surface area contributed by atoms with Gasteiger partial charge in [0.1, 0.15) is 11.5 Å². The van der Waals surface area contributed by atoms with Gasteiger partial charge < -0.3 is 15.2 Å². The third-order valence-corrected chi connectivity index (χ3v) is 4.50. The summed E-state index contributed by atoms with van der Waals surface area (Å²) in [4.78, 5) is 0. The monoisotopic (exact) mass is 413 g/mol. The number of rotatable bonds is 5. The van der Waals surface area contributed by atoms with Gasteiger partial charge in [-0.2, -0.15) is 0 Å². The number of nitrogens with one attached hydrogen (secondary N) is 1. The zero-order valence-electron chi connectivity index (χ0n) is 11.9. The first-order valence-corrected chi connectivity index (χ1v) is 8.14. The van der Waals surface area contributed by atoms with Crippen LogP contribution in [0.1, 0.15) is 24.1 Å². The fraction of sp³-hybridized carbons (Fsp3) is 0.250. The number of aromatic hydroxyl groups is 1. The van der Waals surface area contributed by atoms with Gasteiger partial charge in [0.25, 0.3) is 0 Å². The molecule has 2 N–H and O–H groups in total. The molecule has 3 nitrogen and oxygen atoms in total. The molecule has 0 saturated carbocycles. The van der Waals surface area contributed by atoms with Gasteiger partial charge in [0.05, 0.1) is 16.1 Å². The fourth-order valence-corrected chi connectivity index (χ4v) is 3.41. The number of para-hydroxylation sites is 1. The second-order valence-corrected chi connectivity index (χ2v) is 6.46. The molecule has 21 heavy (non-hydrogen) atoms. The first kappa shape index (κ1) is 16.3. The van der Waals surface area contributed by atoms with Gasteiger partial charge in [-0.25, -0.2) is 0 Å². The molecule has 0 radical (unpaired) electrons. The maximum absolute atomic E-state index is 9.72. The summed E-state index contributed by atoms with van der Waals surface area (Å²) >= 11 is 6.69. The predicted molar refractivity (Wildman–Crippen MR) is 91.8 cm³/mol. The summed E-state index contributed by atoms with van der Waals surface area (Å²) in [5.74, 6) is 1.10. The van der Waals surface area contributed by atoms with Crippen LogP contribution < -0.4 is 10.1 Å². The molecule has 0 unspecified atom stereocenters. The Bertz CT molecular complexity index is 608. The topological polar surface area (TPSA) is 41.5 Å². The van der Waals surface area contributed by atoms with Crippen LogP contribution in [0, 0.1) is 0 Å². The molecule has 0 heterocycles. The molecule has 2 rings (SSSR count). The van der Waals surface area contributed by atoms with E-state index in [0.29, 0.717) is 15.5 Å². The van der Waals surface area contributed by atoms with Crippen molar-refractivity contribution in [1.82, 2.24) is 5.32 Å². The van der Waals surface area contributed by atoms with Crippen molar-refractivity contribution in [2.75, 3.05) is 7.11 Å². The molecule has 0 saturated heterocycles. The first-order valence-electron chi connectivity index (χ1n) is 6.56. The van der Waals surface area contributed by atoms with Crippen molar-refractivity contribution in [2.24, 2.45) is 0 Å². The highest BCUT2D eigenvalue weighted by atomic mass is 79.9.